The maximum Gasteiger partial charge on any atom is 0.255 e. The van der Waals surface area contributed by atoms with Crippen molar-refractivity contribution in [1.29, 1.82) is 0 Å². The third kappa shape index (κ3) is 5.23. The van der Waals surface area contributed by atoms with Crippen LogP contribution >= 0.6 is 0 Å². The molecule has 4 aromatic rings. The molecule has 0 saturated carbocycles. The highest BCUT2D eigenvalue weighted by atomic mass is 16.3. The zero-order valence-electron chi connectivity index (χ0n) is 20.6. The summed E-state index contributed by atoms with van der Waals surface area (Å²) in [6.45, 7) is 7.54. The normalized spacial score (nSPS) is 10.7. The standard InChI is InChI=1S/C30H28N2O4/c1-17-7-5-9-21(11-17)29(35)31-25-13-19(3)23(15-27(25)33)24-16-28(34)26(14-20(24)4)32-30(36)22-10-6-8-18(2)12-22/h5-16,33-34H,1-4H3,(H,31,35)(H,32,36). The SMILES string of the molecule is Cc1cccc(C(=O)Nc2cc(C)c(-c3cc(O)c(NC(=O)c4cccc(C)c4)cc3C)cc2O)c1. The number of aromatic hydroxyl groups is 2. The average molecular weight is 481 g/mol. The van der Waals surface area contributed by atoms with Gasteiger partial charge < -0.3 is 20.8 Å². The Kier molecular flexibility index (Phi) is 6.79. The van der Waals surface area contributed by atoms with Crippen molar-refractivity contribution in [2.75, 3.05) is 10.6 Å². The molecule has 0 unspecified atom stereocenters. The molecule has 0 aliphatic rings. The number of amides is 2. The van der Waals surface area contributed by atoms with Gasteiger partial charge >= 0.3 is 0 Å². The summed E-state index contributed by atoms with van der Waals surface area (Å²) < 4.78 is 0. The van der Waals surface area contributed by atoms with Gasteiger partial charge in [0.05, 0.1) is 11.4 Å². The topological polar surface area (TPSA) is 98.7 Å². The lowest BCUT2D eigenvalue weighted by atomic mass is 9.94. The molecule has 2 amide bonds. The van der Waals surface area contributed by atoms with Gasteiger partial charge in [-0.05, 0) is 98.5 Å². The van der Waals surface area contributed by atoms with Crippen molar-refractivity contribution in [2.45, 2.75) is 27.7 Å². The van der Waals surface area contributed by atoms with E-state index in [0.29, 0.717) is 33.6 Å². The Morgan fingerprint density at radius 1 is 0.583 bits per heavy atom. The minimum Gasteiger partial charge on any atom is -0.506 e. The van der Waals surface area contributed by atoms with Gasteiger partial charge in [-0.2, -0.15) is 0 Å². The number of phenols is 2. The van der Waals surface area contributed by atoms with Gasteiger partial charge in [-0.25, -0.2) is 0 Å². The van der Waals surface area contributed by atoms with Crippen LogP contribution in [-0.4, -0.2) is 22.0 Å². The highest BCUT2D eigenvalue weighted by Crippen LogP contribution is 2.39. The molecule has 0 heterocycles. The number of phenolic OH excluding ortho intramolecular Hbond substituents is 2. The number of hydrogen-bond donors (Lipinski definition) is 4. The van der Waals surface area contributed by atoms with Crippen LogP contribution in [0.2, 0.25) is 0 Å². The van der Waals surface area contributed by atoms with Gasteiger partial charge in [-0.1, -0.05) is 35.4 Å². The number of rotatable bonds is 5. The first kappa shape index (κ1) is 24.5. The minimum atomic E-state index is -0.316. The van der Waals surface area contributed by atoms with Gasteiger partial charge in [-0.15, -0.1) is 0 Å². The molecule has 0 atom stereocenters. The van der Waals surface area contributed by atoms with E-state index in [2.05, 4.69) is 10.6 Å². The molecule has 0 fully saturated rings. The van der Waals surface area contributed by atoms with Crippen LogP contribution in [0.15, 0.2) is 72.8 Å². The fraction of sp³-hybridized carbons (Fsp3) is 0.133. The first-order valence-corrected chi connectivity index (χ1v) is 11.6. The van der Waals surface area contributed by atoms with Gasteiger partial charge in [-0.3, -0.25) is 9.59 Å². The summed E-state index contributed by atoms with van der Waals surface area (Å²) in [6.07, 6.45) is 0. The molecule has 0 saturated heterocycles. The van der Waals surface area contributed by atoms with E-state index in [9.17, 15) is 19.8 Å². The van der Waals surface area contributed by atoms with E-state index in [1.165, 1.54) is 0 Å². The quantitative estimate of drug-likeness (QED) is 0.245. The lowest BCUT2D eigenvalue weighted by Gasteiger charge is -2.16. The van der Waals surface area contributed by atoms with Crippen molar-refractivity contribution < 1.29 is 19.8 Å². The second-order valence-corrected chi connectivity index (χ2v) is 9.02. The Bertz CT molecular complexity index is 1380. The molecule has 0 aliphatic carbocycles. The van der Waals surface area contributed by atoms with Crippen molar-refractivity contribution in [2.24, 2.45) is 0 Å². The Labute approximate surface area is 210 Å². The third-order valence-corrected chi connectivity index (χ3v) is 6.03. The van der Waals surface area contributed by atoms with Gasteiger partial charge in [0.15, 0.2) is 0 Å². The number of aryl methyl sites for hydroxylation is 4. The summed E-state index contributed by atoms with van der Waals surface area (Å²) in [4.78, 5) is 25.3. The molecule has 4 N–H and O–H groups in total. The predicted molar refractivity (Wildman–Crippen MR) is 143 cm³/mol. The summed E-state index contributed by atoms with van der Waals surface area (Å²) in [5, 5.41) is 26.9. The van der Waals surface area contributed by atoms with Gasteiger partial charge in [0.25, 0.3) is 11.8 Å². The van der Waals surface area contributed by atoms with Crippen molar-refractivity contribution in [3.8, 4) is 22.6 Å². The van der Waals surface area contributed by atoms with Crippen LogP contribution in [0.25, 0.3) is 11.1 Å². The van der Waals surface area contributed by atoms with Crippen molar-refractivity contribution in [3.63, 3.8) is 0 Å². The average Bonchev–Trinajstić information content (AvgIpc) is 2.83. The van der Waals surface area contributed by atoms with Gasteiger partial charge in [0.1, 0.15) is 11.5 Å². The van der Waals surface area contributed by atoms with Crippen molar-refractivity contribution >= 4 is 23.2 Å². The van der Waals surface area contributed by atoms with E-state index in [4.69, 9.17) is 0 Å². The first-order valence-electron chi connectivity index (χ1n) is 11.6. The number of carbonyl (C=O) groups excluding carboxylic acids is 2. The van der Waals surface area contributed by atoms with E-state index in [1.54, 1.807) is 60.7 Å². The number of benzene rings is 4. The highest BCUT2D eigenvalue weighted by molar-refractivity contribution is 6.06. The molecule has 0 bridgehead atoms. The Hall–Kier alpha value is -4.58. The Morgan fingerprint density at radius 2 is 0.972 bits per heavy atom. The van der Waals surface area contributed by atoms with Crippen LogP contribution in [0.3, 0.4) is 0 Å². The Balaban J connectivity index is 1.60. The summed E-state index contributed by atoms with van der Waals surface area (Å²) in [6, 6.07) is 20.9. The molecule has 4 aromatic carbocycles. The second kappa shape index (κ2) is 9.96. The molecular weight excluding hydrogens is 452 g/mol. The smallest absolute Gasteiger partial charge is 0.255 e. The number of anilines is 2. The molecule has 0 aliphatic heterocycles. The van der Waals surface area contributed by atoms with Crippen molar-refractivity contribution in [3.05, 3.63) is 106 Å². The van der Waals surface area contributed by atoms with Crippen LogP contribution in [-0.2, 0) is 0 Å². The fourth-order valence-corrected chi connectivity index (χ4v) is 4.14. The van der Waals surface area contributed by atoms with Crippen LogP contribution in [0.4, 0.5) is 11.4 Å². The molecule has 0 aromatic heterocycles. The van der Waals surface area contributed by atoms with Crippen LogP contribution in [0.1, 0.15) is 43.0 Å². The molecule has 0 radical (unpaired) electrons. The van der Waals surface area contributed by atoms with Gasteiger partial charge in [0, 0.05) is 11.1 Å². The largest absolute Gasteiger partial charge is 0.506 e. The zero-order valence-corrected chi connectivity index (χ0v) is 20.6. The monoisotopic (exact) mass is 480 g/mol. The lowest BCUT2D eigenvalue weighted by molar-refractivity contribution is 0.101. The van der Waals surface area contributed by atoms with Crippen LogP contribution < -0.4 is 10.6 Å². The van der Waals surface area contributed by atoms with Crippen LogP contribution in [0.5, 0.6) is 11.5 Å². The number of carbonyl (C=O) groups is 2. The number of nitrogens with one attached hydrogen (secondary N) is 2. The van der Waals surface area contributed by atoms with E-state index in [1.807, 2.05) is 39.8 Å². The van der Waals surface area contributed by atoms with Crippen molar-refractivity contribution in [1.82, 2.24) is 0 Å². The zero-order chi connectivity index (χ0) is 26.0. The van der Waals surface area contributed by atoms with E-state index in [-0.39, 0.29) is 23.3 Å². The van der Waals surface area contributed by atoms with Crippen LogP contribution in [0, 0.1) is 27.7 Å². The van der Waals surface area contributed by atoms with Gasteiger partial charge in [0.2, 0.25) is 0 Å². The predicted octanol–water partition coefficient (Wildman–Crippen LogP) is 6.50. The van der Waals surface area contributed by atoms with E-state index < -0.39 is 0 Å². The molecule has 6 heteroatoms. The molecule has 36 heavy (non-hydrogen) atoms. The lowest BCUT2D eigenvalue weighted by Crippen LogP contribution is -2.12. The van der Waals surface area contributed by atoms with E-state index in [0.717, 1.165) is 22.3 Å². The Morgan fingerprint density at radius 3 is 1.33 bits per heavy atom. The summed E-state index contributed by atoms with van der Waals surface area (Å²) in [7, 11) is 0. The third-order valence-electron chi connectivity index (χ3n) is 6.03. The summed E-state index contributed by atoms with van der Waals surface area (Å²) >= 11 is 0. The molecule has 6 nitrogen and oxygen atoms in total. The second-order valence-electron chi connectivity index (χ2n) is 9.02. The fourth-order valence-electron chi connectivity index (χ4n) is 4.14. The van der Waals surface area contributed by atoms with E-state index >= 15 is 0 Å². The molecule has 0 spiro atoms. The molecule has 182 valence electrons. The molecular formula is C30H28N2O4. The molecule has 4 rings (SSSR count). The minimum absolute atomic E-state index is 0.0904. The maximum atomic E-state index is 12.6. The maximum absolute atomic E-state index is 12.6. The first-order chi connectivity index (χ1) is 17.1. The number of hydrogen-bond acceptors (Lipinski definition) is 4. The summed E-state index contributed by atoms with van der Waals surface area (Å²) in [5.74, 6) is -0.813. The highest BCUT2D eigenvalue weighted by Gasteiger charge is 2.17. The summed E-state index contributed by atoms with van der Waals surface area (Å²) in [5.41, 5.74) is 6.52.